The third-order valence-corrected chi connectivity index (χ3v) is 4.90. The van der Waals surface area contributed by atoms with Crippen LogP contribution in [0.1, 0.15) is 10.4 Å². The van der Waals surface area contributed by atoms with Crippen LogP contribution in [0.25, 0.3) is 11.1 Å². The summed E-state index contributed by atoms with van der Waals surface area (Å²) in [7, 11) is 0. The van der Waals surface area contributed by atoms with Crippen molar-refractivity contribution in [1.29, 1.82) is 0 Å². The van der Waals surface area contributed by atoms with Gasteiger partial charge >= 0.3 is 0 Å². The molecule has 0 aliphatic heterocycles. The minimum absolute atomic E-state index is 0.136. The lowest BCUT2D eigenvalue weighted by Crippen LogP contribution is -2.55. The third kappa shape index (κ3) is 6.62. The first-order valence-corrected chi connectivity index (χ1v) is 10.3. The van der Waals surface area contributed by atoms with Crippen molar-refractivity contribution in [2.45, 2.75) is 12.3 Å². The molecule has 2 atom stereocenters. The van der Waals surface area contributed by atoms with Gasteiger partial charge in [-0.05, 0) is 47.5 Å². The second kappa shape index (κ2) is 11.6. The van der Waals surface area contributed by atoms with Gasteiger partial charge in [0.2, 0.25) is 5.91 Å². The predicted octanol–water partition coefficient (Wildman–Crippen LogP) is 1.29. The number of amides is 3. The van der Waals surface area contributed by atoms with Crippen molar-refractivity contribution in [1.82, 2.24) is 10.8 Å². The summed E-state index contributed by atoms with van der Waals surface area (Å²) in [4.78, 5) is 36.0. The number of hydrogen-bond donors (Lipinski definition) is 7. The molecular formula is C24H25N5O5. The molecule has 0 aliphatic carbocycles. The summed E-state index contributed by atoms with van der Waals surface area (Å²) in [6.45, 7) is 0.136. The first-order chi connectivity index (χ1) is 16.4. The zero-order valence-electron chi connectivity index (χ0n) is 18.1. The van der Waals surface area contributed by atoms with Crippen LogP contribution < -0.4 is 27.2 Å². The summed E-state index contributed by atoms with van der Waals surface area (Å²) in [6.07, 6.45) is -1.69. The fourth-order valence-corrected chi connectivity index (χ4v) is 3.10. The first-order valence-electron chi connectivity index (χ1n) is 10.3. The molecule has 0 heterocycles. The molecule has 3 amide bonds. The molecule has 0 unspecified atom stereocenters. The maximum absolute atomic E-state index is 12.3. The highest BCUT2D eigenvalue weighted by molar-refractivity contribution is 5.98. The molecule has 0 fully saturated rings. The molecule has 3 aromatic rings. The van der Waals surface area contributed by atoms with Gasteiger partial charge in [-0.3, -0.25) is 19.6 Å². The summed E-state index contributed by atoms with van der Waals surface area (Å²) in [6, 6.07) is 21.7. The molecule has 0 saturated carbocycles. The van der Waals surface area contributed by atoms with E-state index in [1.54, 1.807) is 36.4 Å². The third-order valence-electron chi connectivity index (χ3n) is 4.90. The molecule has 0 radical (unpaired) electrons. The number of hydroxylamine groups is 1. The van der Waals surface area contributed by atoms with Crippen molar-refractivity contribution >= 4 is 29.1 Å². The smallest absolute Gasteiger partial charge is 0.270 e. The van der Waals surface area contributed by atoms with Crippen LogP contribution >= 0.6 is 0 Å². The van der Waals surface area contributed by atoms with Gasteiger partial charge in [-0.25, -0.2) is 5.48 Å². The minimum Gasteiger partial charge on any atom is -0.376 e. The second-order valence-corrected chi connectivity index (χ2v) is 7.34. The fraction of sp³-hybridized carbons (Fsp3) is 0.125. The number of nitrogens with one attached hydrogen (secondary N) is 4. The number of hydrogen-bond acceptors (Lipinski definition) is 7. The van der Waals surface area contributed by atoms with Gasteiger partial charge < -0.3 is 26.8 Å². The van der Waals surface area contributed by atoms with Crippen molar-refractivity contribution in [3.8, 4) is 11.1 Å². The number of rotatable bonds is 9. The molecule has 0 spiro atoms. The minimum atomic E-state index is -1.69. The van der Waals surface area contributed by atoms with Gasteiger partial charge in [0.1, 0.15) is 12.3 Å². The van der Waals surface area contributed by atoms with E-state index in [0.717, 1.165) is 16.8 Å². The second-order valence-electron chi connectivity index (χ2n) is 7.34. The van der Waals surface area contributed by atoms with Gasteiger partial charge in [0.25, 0.3) is 11.8 Å². The van der Waals surface area contributed by atoms with E-state index in [-0.39, 0.29) is 18.0 Å². The number of carbonyl (C=O) groups excluding carboxylic acids is 3. The van der Waals surface area contributed by atoms with Crippen LogP contribution in [0.5, 0.6) is 0 Å². The predicted molar refractivity (Wildman–Crippen MR) is 127 cm³/mol. The highest BCUT2D eigenvalue weighted by atomic mass is 16.5. The largest absolute Gasteiger partial charge is 0.376 e. The lowest BCUT2D eigenvalue weighted by atomic mass is 10.0. The van der Waals surface area contributed by atoms with E-state index >= 15 is 0 Å². The summed E-state index contributed by atoms with van der Waals surface area (Å²) in [5, 5.41) is 26.2. The maximum atomic E-state index is 12.3. The van der Waals surface area contributed by atoms with Crippen molar-refractivity contribution < 1.29 is 24.7 Å². The normalized spacial score (nSPS) is 12.2. The summed E-state index contributed by atoms with van der Waals surface area (Å²) in [5.41, 5.74) is 10.0. The van der Waals surface area contributed by atoms with Crippen LogP contribution in [0.3, 0.4) is 0 Å². The molecule has 0 saturated heterocycles. The monoisotopic (exact) mass is 463 g/mol. The van der Waals surface area contributed by atoms with Crippen molar-refractivity contribution in [3.05, 3.63) is 84.4 Å². The van der Waals surface area contributed by atoms with E-state index in [1.807, 2.05) is 42.5 Å². The molecule has 10 heteroatoms. The summed E-state index contributed by atoms with van der Waals surface area (Å²) >= 11 is 0. The van der Waals surface area contributed by atoms with E-state index < -0.39 is 24.1 Å². The molecule has 176 valence electrons. The number of benzene rings is 3. The molecule has 0 aliphatic rings. The highest BCUT2D eigenvalue weighted by Crippen LogP contribution is 2.22. The van der Waals surface area contributed by atoms with Crippen LogP contribution in [-0.2, 0) is 9.59 Å². The Balaban J connectivity index is 1.57. The van der Waals surface area contributed by atoms with Crippen LogP contribution in [0, 0.1) is 0 Å². The van der Waals surface area contributed by atoms with Crippen molar-refractivity contribution in [2.24, 2.45) is 5.73 Å². The molecule has 34 heavy (non-hydrogen) atoms. The Morgan fingerprint density at radius 2 is 1.41 bits per heavy atom. The number of nitrogens with two attached hydrogens (primary N) is 1. The summed E-state index contributed by atoms with van der Waals surface area (Å²) < 4.78 is 0. The van der Waals surface area contributed by atoms with Crippen LogP contribution in [0.15, 0.2) is 78.9 Å². The molecule has 10 nitrogen and oxygen atoms in total. The Labute approximate surface area is 195 Å². The van der Waals surface area contributed by atoms with E-state index in [1.165, 1.54) is 5.48 Å². The maximum Gasteiger partial charge on any atom is 0.270 e. The van der Waals surface area contributed by atoms with Crippen LogP contribution in [0.4, 0.5) is 11.4 Å². The molecule has 0 bridgehead atoms. The zero-order valence-corrected chi connectivity index (χ0v) is 18.1. The van der Waals surface area contributed by atoms with E-state index in [0.29, 0.717) is 5.69 Å². The van der Waals surface area contributed by atoms with Gasteiger partial charge in [-0.2, -0.15) is 0 Å². The number of anilines is 2. The van der Waals surface area contributed by atoms with E-state index in [9.17, 15) is 19.5 Å². The Morgan fingerprint density at radius 1 is 0.824 bits per heavy atom. The van der Waals surface area contributed by atoms with Gasteiger partial charge in [-0.1, -0.05) is 42.5 Å². The summed E-state index contributed by atoms with van der Waals surface area (Å²) in [5.74, 6) is -1.86. The van der Waals surface area contributed by atoms with Gasteiger partial charge in [-0.15, -0.1) is 0 Å². The highest BCUT2D eigenvalue weighted by Gasteiger charge is 2.26. The number of aliphatic hydroxyl groups excluding tert-OH is 1. The Morgan fingerprint density at radius 3 is 1.97 bits per heavy atom. The topological polar surface area (TPSA) is 166 Å². The van der Waals surface area contributed by atoms with Crippen LogP contribution in [0.2, 0.25) is 0 Å². The average molecular weight is 463 g/mol. The van der Waals surface area contributed by atoms with Crippen LogP contribution in [-0.4, -0.2) is 46.8 Å². The number of para-hydroxylation sites is 1. The molecular weight excluding hydrogens is 438 g/mol. The first kappa shape index (κ1) is 24.4. The molecule has 3 rings (SSSR count). The van der Waals surface area contributed by atoms with Gasteiger partial charge in [0, 0.05) is 16.9 Å². The zero-order chi connectivity index (χ0) is 24.5. The van der Waals surface area contributed by atoms with Gasteiger partial charge in [0.15, 0.2) is 0 Å². The quantitative estimate of drug-likeness (QED) is 0.143. The molecule has 8 N–H and O–H groups in total. The average Bonchev–Trinajstić information content (AvgIpc) is 2.86. The SMILES string of the molecule is N[C@@H](O)[C@H](NC(=O)c1ccc(-c2ccc(NC(=O)CNc3ccccc3)cc2)cc1)C(=O)NO. The van der Waals surface area contributed by atoms with E-state index in [2.05, 4.69) is 16.0 Å². The Hall–Kier alpha value is -4.25. The lowest BCUT2D eigenvalue weighted by molar-refractivity contribution is -0.133. The molecule has 0 aromatic heterocycles. The van der Waals surface area contributed by atoms with Crippen molar-refractivity contribution in [3.63, 3.8) is 0 Å². The fourth-order valence-electron chi connectivity index (χ4n) is 3.10. The van der Waals surface area contributed by atoms with E-state index in [4.69, 9.17) is 10.9 Å². The van der Waals surface area contributed by atoms with Gasteiger partial charge in [0.05, 0.1) is 6.54 Å². The number of carbonyl (C=O) groups is 3. The molecule has 3 aromatic carbocycles. The number of aliphatic hydroxyl groups is 1. The Bertz CT molecular complexity index is 1120. The van der Waals surface area contributed by atoms with Crippen molar-refractivity contribution in [2.75, 3.05) is 17.2 Å². The standard InChI is InChI=1S/C24H25N5O5/c25-22(31)21(24(33)29-34)28-23(32)17-8-6-15(7-9-17)16-10-12-19(13-11-16)27-20(30)14-26-18-4-2-1-3-5-18/h1-13,21-22,26,31,34H,14,25H2,(H,27,30)(H,28,32)(H,29,33)/t21-,22-/m0/s1. The Kier molecular flexibility index (Phi) is 8.30. The lowest BCUT2D eigenvalue weighted by Gasteiger charge is -2.19.